The van der Waals surface area contributed by atoms with Crippen LogP contribution in [0.25, 0.3) is 0 Å². The summed E-state index contributed by atoms with van der Waals surface area (Å²) < 4.78 is 4.78. The Hall–Kier alpha value is -3.15. The molecule has 5 heteroatoms. The van der Waals surface area contributed by atoms with Gasteiger partial charge in [0.1, 0.15) is 0 Å². The van der Waals surface area contributed by atoms with E-state index in [4.69, 9.17) is 4.74 Å². The van der Waals surface area contributed by atoms with E-state index in [0.29, 0.717) is 18.4 Å². The minimum atomic E-state index is -0.719. The highest BCUT2D eigenvalue weighted by Gasteiger charge is 2.42. The summed E-state index contributed by atoms with van der Waals surface area (Å²) in [6.45, 7) is 2.77. The van der Waals surface area contributed by atoms with E-state index in [0.717, 1.165) is 38.0 Å². The van der Waals surface area contributed by atoms with Gasteiger partial charge in [-0.2, -0.15) is 10.5 Å². The number of esters is 1. The second kappa shape index (κ2) is 10.1. The van der Waals surface area contributed by atoms with Gasteiger partial charge in [-0.15, -0.1) is 0 Å². The maximum atomic E-state index is 11.8. The lowest BCUT2D eigenvalue weighted by atomic mass is 9.65. The van der Waals surface area contributed by atoms with Gasteiger partial charge in [-0.3, -0.25) is 4.90 Å². The van der Waals surface area contributed by atoms with Crippen LogP contribution in [0, 0.1) is 28.6 Å². The number of hydrogen-bond donors (Lipinski definition) is 0. The van der Waals surface area contributed by atoms with Crippen LogP contribution >= 0.6 is 0 Å². The van der Waals surface area contributed by atoms with E-state index in [2.05, 4.69) is 41.3 Å². The molecule has 1 unspecified atom stereocenters. The van der Waals surface area contributed by atoms with E-state index < -0.39 is 11.4 Å². The molecule has 3 rings (SSSR count). The molecule has 1 aliphatic heterocycles. The molecular weight excluding hydrogens is 374 g/mol. The highest BCUT2D eigenvalue weighted by Crippen LogP contribution is 2.42. The Morgan fingerprint density at radius 1 is 1.10 bits per heavy atom. The van der Waals surface area contributed by atoms with E-state index in [9.17, 15) is 15.3 Å². The number of piperidine rings is 1. The molecule has 0 aliphatic carbocycles. The fourth-order valence-corrected chi connectivity index (χ4v) is 4.50. The average molecular weight is 402 g/mol. The molecule has 5 nitrogen and oxygen atoms in total. The number of carbonyl (C=O) groups excluding carboxylic acids is 1. The van der Waals surface area contributed by atoms with Crippen LogP contribution in [0.1, 0.15) is 47.2 Å². The Labute approximate surface area is 178 Å². The first-order chi connectivity index (χ1) is 14.6. The molecule has 2 aromatic rings. The predicted molar refractivity (Wildman–Crippen MR) is 114 cm³/mol. The molecule has 1 saturated heterocycles. The topological polar surface area (TPSA) is 77.1 Å². The SMILES string of the molecule is COC(=O)c1ccc(C(C#N)(CCC#N)C2CCN(Cc3ccccc3)CC2)cc1. The molecule has 1 atom stereocenters. The Balaban J connectivity index is 1.78. The van der Waals surface area contributed by atoms with Gasteiger partial charge in [0.05, 0.1) is 30.2 Å². The summed E-state index contributed by atoms with van der Waals surface area (Å²) in [5.41, 5.74) is 1.93. The molecule has 1 fully saturated rings. The van der Waals surface area contributed by atoms with Gasteiger partial charge in [-0.1, -0.05) is 42.5 Å². The number of ether oxygens (including phenoxy) is 1. The molecule has 0 aromatic heterocycles. The third-order valence-corrected chi connectivity index (χ3v) is 6.19. The summed E-state index contributed by atoms with van der Waals surface area (Å²) in [4.78, 5) is 14.2. The number of likely N-dealkylation sites (tertiary alicyclic amines) is 1. The summed E-state index contributed by atoms with van der Waals surface area (Å²) in [5.74, 6) is -0.220. The van der Waals surface area contributed by atoms with Gasteiger partial charge in [0, 0.05) is 13.0 Å². The van der Waals surface area contributed by atoms with E-state index in [1.54, 1.807) is 12.1 Å². The van der Waals surface area contributed by atoms with Crippen LogP contribution in [-0.4, -0.2) is 31.1 Å². The van der Waals surface area contributed by atoms with Crippen LogP contribution in [0.4, 0.5) is 0 Å². The van der Waals surface area contributed by atoms with Gasteiger partial charge in [0.15, 0.2) is 0 Å². The fourth-order valence-electron chi connectivity index (χ4n) is 4.50. The maximum absolute atomic E-state index is 11.8. The molecule has 0 saturated carbocycles. The summed E-state index contributed by atoms with van der Waals surface area (Å²) >= 11 is 0. The monoisotopic (exact) mass is 401 g/mol. The number of benzene rings is 2. The molecule has 30 heavy (non-hydrogen) atoms. The minimum absolute atomic E-state index is 0.173. The Morgan fingerprint density at radius 2 is 1.77 bits per heavy atom. The van der Waals surface area contributed by atoms with Gasteiger partial charge in [0.25, 0.3) is 0 Å². The molecule has 2 aromatic carbocycles. The molecule has 1 heterocycles. The van der Waals surface area contributed by atoms with Crippen LogP contribution in [0.2, 0.25) is 0 Å². The fraction of sp³-hybridized carbons (Fsp3) is 0.400. The lowest BCUT2D eigenvalue weighted by molar-refractivity contribution is 0.0600. The third kappa shape index (κ3) is 4.70. The van der Waals surface area contributed by atoms with Crippen LogP contribution in [0.3, 0.4) is 0 Å². The van der Waals surface area contributed by atoms with Crippen molar-refractivity contribution in [2.24, 2.45) is 5.92 Å². The van der Waals surface area contributed by atoms with Gasteiger partial charge in [-0.25, -0.2) is 4.79 Å². The second-order valence-corrected chi connectivity index (χ2v) is 7.85. The molecule has 0 radical (unpaired) electrons. The van der Waals surface area contributed by atoms with E-state index >= 15 is 0 Å². The molecule has 154 valence electrons. The van der Waals surface area contributed by atoms with Crippen molar-refractivity contribution in [1.82, 2.24) is 4.90 Å². The summed E-state index contributed by atoms with van der Waals surface area (Å²) in [6.07, 6.45) is 2.65. The Morgan fingerprint density at radius 3 is 2.33 bits per heavy atom. The van der Waals surface area contributed by atoms with Crippen LogP contribution in [-0.2, 0) is 16.7 Å². The van der Waals surface area contributed by atoms with E-state index in [-0.39, 0.29) is 5.92 Å². The predicted octanol–water partition coefficient (Wildman–Crippen LogP) is 4.45. The lowest BCUT2D eigenvalue weighted by Gasteiger charge is -2.41. The van der Waals surface area contributed by atoms with Gasteiger partial charge < -0.3 is 4.74 Å². The van der Waals surface area contributed by atoms with Crippen LogP contribution in [0.15, 0.2) is 54.6 Å². The zero-order valence-corrected chi connectivity index (χ0v) is 17.4. The Bertz CT molecular complexity index is 920. The van der Waals surface area contributed by atoms with Crippen molar-refractivity contribution >= 4 is 5.97 Å². The number of carbonyl (C=O) groups is 1. The molecule has 1 aliphatic rings. The molecule has 0 amide bonds. The number of rotatable bonds is 7. The number of hydrogen-bond acceptors (Lipinski definition) is 5. The molecule has 0 N–H and O–H groups in total. The van der Waals surface area contributed by atoms with Gasteiger partial charge >= 0.3 is 5.97 Å². The van der Waals surface area contributed by atoms with Crippen LogP contribution < -0.4 is 0 Å². The first kappa shape index (κ1) is 21.6. The summed E-state index contributed by atoms with van der Waals surface area (Å²) in [7, 11) is 1.35. The highest BCUT2D eigenvalue weighted by molar-refractivity contribution is 5.89. The molecule has 0 bridgehead atoms. The van der Waals surface area contributed by atoms with Crippen molar-refractivity contribution in [2.45, 2.75) is 37.6 Å². The quantitative estimate of drug-likeness (QED) is 0.641. The van der Waals surface area contributed by atoms with E-state index in [1.165, 1.54) is 12.7 Å². The number of nitrogens with zero attached hydrogens (tertiary/aromatic N) is 3. The normalized spacial score (nSPS) is 16.8. The lowest BCUT2D eigenvalue weighted by Crippen LogP contribution is -2.42. The van der Waals surface area contributed by atoms with Crippen molar-refractivity contribution in [2.75, 3.05) is 20.2 Å². The highest BCUT2D eigenvalue weighted by atomic mass is 16.5. The first-order valence-electron chi connectivity index (χ1n) is 10.4. The van der Waals surface area contributed by atoms with Crippen LogP contribution in [0.5, 0.6) is 0 Å². The standard InChI is InChI=1S/C25H27N3O2/c1-30-24(29)21-8-10-22(11-9-21)25(19-27,14-5-15-26)23-12-16-28(17-13-23)18-20-6-3-2-4-7-20/h2-4,6-11,23H,5,12-14,16-18H2,1H3. The second-order valence-electron chi connectivity index (χ2n) is 7.85. The van der Waals surface area contributed by atoms with Gasteiger partial charge in [0.2, 0.25) is 0 Å². The summed E-state index contributed by atoms with van der Waals surface area (Å²) in [5, 5.41) is 19.5. The smallest absolute Gasteiger partial charge is 0.337 e. The van der Waals surface area contributed by atoms with Gasteiger partial charge in [-0.05, 0) is 61.5 Å². The first-order valence-corrected chi connectivity index (χ1v) is 10.4. The largest absolute Gasteiger partial charge is 0.465 e. The van der Waals surface area contributed by atoms with Crippen molar-refractivity contribution in [3.05, 3.63) is 71.3 Å². The Kier molecular flexibility index (Phi) is 7.22. The zero-order valence-electron chi connectivity index (χ0n) is 17.4. The third-order valence-electron chi connectivity index (χ3n) is 6.19. The van der Waals surface area contributed by atoms with Crippen molar-refractivity contribution in [1.29, 1.82) is 10.5 Å². The zero-order chi connectivity index (χ0) is 21.4. The number of nitriles is 2. The minimum Gasteiger partial charge on any atom is -0.465 e. The van der Waals surface area contributed by atoms with E-state index in [1.807, 2.05) is 18.2 Å². The average Bonchev–Trinajstić information content (AvgIpc) is 2.81. The number of methoxy groups -OCH3 is 1. The van der Waals surface area contributed by atoms with Crippen molar-refractivity contribution in [3.8, 4) is 12.1 Å². The van der Waals surface area contributed by atoms with Crippen molar-refractivity contribution < 1.29 is 9.53 Å². The van der Waals surface area contributed by atoms with Crippen molar-refractivity contribution in [3.63, 3.8) is 0 Å². The molecule has 0 spiro atoms. The molecular formula is C25H27N3O2. The summed E-state index contributed by atoms with van der Waals surface area (Å²) in [6, 6.07) is 22.3. The maximum Gasteiger partial charge on any atom is 0.337 e.